The van der Waals surface area contributed by atoms with E-state index in [1.807, 2.05) is 18.2 Å². The number of ketones is 1. The fraction of sp³-hybridized carbons (Fsp3) is 0.562. The number of hydrogen-bond donors (Lipinski definition) is 0. The second kappa shape index (κ2) is 7.29. The van der Waals surface area contributed by atoms with Crippen LogP contribution in [0.3, 0.4) is 0 Å². The maximum absolute atomic E-state index is 11.1. The molecule has 104 valence electrons. The number of unbranched alkanes of at least 4 members (excludes halogenated alkanes) is 1. The Balaban J connectivity index is 1.57. The molecule has 19 heavy (non-hydrogen) atoms. The van der Waals surface area contributed by atoms with Crippen LogP contribution in [0.4, 0.5) is 0 Å². The van der Waals surface area contributed by atoms with Gasteiger partial charge in [-0.25, -0.2) is 0 Å². The van der Waals surface area contributed by atoms with E-state index < -0.39 is 0 Å². The molecule has 0 radical (unpaired) electrons. The van der Waals surface area contributed by atoms with Crippen LogP contribution in [-0.4, -0.2) is 36.9 Å². The van der Waals surface area contributed by atoms with Gasteiger partial charge in [-0.1, -0.05) is 18.2 Å². The van der Waals surface area contributed by atoms with Crippen molar-refractivity contribution in [3.63, 3.8) is 0 Å². The Labute approximate surface area is 115 Å². The number of nitrogens with zero attached hydrogens (tertiary/aromatic N) is 1. The quantitative estimate of drug-likeness (QED) is 0.737. The van der Waals surface area contributed by atoms with Crippen LogP contribution in [-0.2, 0) is 4.79 Å². The lowest BCUT2D eigenvalue weighted by atomic mass is 10.1. The lowest BCUT2D eigenvalue weighted by Crippen LogP contribution is -2.34. The highest BCUT2D eigenvalue weighted by Gasteiger charge is 2.14. The van der Waals surface area contributed by atoms with Crippen LogP contribution in [0.1, 0.15) is 31.2 Å². The van der Waals surface area contributed by atoms with Crippen LogP contribution in [0.2, 0.25) is 0 Å². The van der Waals surface area contributed by atoms with Gasteiger partial charge in [0.2, 0.25) is 0 Å². The molecule has 0 aromatic heterocycles. The van der Waals surface area contributed by atoms with Crippen LogP contribution >= 0.6 is 0 Å². The first-order valence-corrected chi connectivity index (χ1v) is 7.18. The summed E-state index contributed by atoms with van der Waals surface area (Å²) in [5.41, 5.74) is 1.19. The minimum atomic E-state index is 0.416. The van der Waals surface area contributed by atoms with Crippen molar-refractivity contribution >= 4 is 5.78 Å². The van der Waals surface area contributed by atoms with Gasteiger partial charge < -0.3 is 9.64 Å². The third-order valence-electron chi connectivity index (χ3n) is 3.63. The first kappa shape index (κ1) is 14.1. The summed E-state index contributed by atoms with van der Waals surface area (Å²) >= 11 is 0. The summed E-state index contributed by atoms with van der Waals surface area (Å²) in [6, 6.07) is 8.12. The summed E-state index contributed by atoms with van der Waals surface area (Å²) in [6.07, 6.45) is 3.68. The average molecular weight is 261 g/mol. The lowest BCUT2D eigenvalue weighted by molar-refractivity contribution is -0.121. The molecule has 1 aliphatic rings. The molecule has 0 saturated carbocycles. The number of aryl methyl sites for hydroxylation is 1. The minimum Gasteiger partial charge on any atom is -0.493 e. The van der Waals surface area contributed by atoms with Gasteiger partial charge in [0.05, 0.1) is 6.61 Å². The molecule has 0 spiro atoms. The van der Waals surface area contributed by atoms with Gasteiger partial charge in [-0.15, -0.1) is 0 Å². The number of para-hydroxylation sites is 1. The SMILES string of the molecule is Cc1ccccc1OCCCCN1CCC(=O)CC1. The molecule has 3 heteroatoms. The third-order valence-corrected chi connectivity index (χ3v) is 3.63. The van der Waals surface area contributed by atoms with Crippen molar-refractivity contribution < 1.29 is 9.53 Å². The Morgan fingerprint density at radius 1 is 1.16 bits per heavy atom. The highest BCUT2D eigenvalue weighted by atomic mass is 16.5. The number of likely N-dealkylation sites (tertiary alicyclic amines) is 1. The van der Waals surface area contributed by atoms with Crippen LogP contribution in [0.25, 0.3) is 0 Å². The van der Waals surface area contributed by atoms with Crippen LogP contribution in [0.5, 0.6) is 5.75 Å². The number of carbonyl (C=O) groups is 1. The molecule has 1 aromatic rings. The van der Waals surface area contributed by atoms with Crippen molar-refractivity contribution in [1.29, 1.82) is 0 Å². The largest absolute Gasteiger partial charge is 0.493 e. The molecule has 2 rings (SSSR count). The fourth-order valence-corrected chi connectivity index (χ4v) is 2.36. The third kappa shape index (κ3) is 4.67. The molecule has 0 N–H and O–H groups in total. The van der Waals surface area contributed by atoms with Gasteiger partial charge >= 0.3 is 0 Å². The summed E-state index contributed by atoms with van der Waals surface area (Å²) < 4.78 is 5.77. The molecule has 0 aliphatic carbocycles. The van der Waals surface area contributed by atoms with Crippen LogP contribution < -0.4 is 4.74 Å². The number of piperidine rings is 1. The zero-order valence-corrected chi connectivity index (χ0v) is 11.7. The Morgan fingerprint density at radius 2 is 1.89 bits per heavy atom. The van der Waals surface area contributed by atoms with Crippen molar-refractivity contribution in [2.24, 2.45) is 0 Å². The molecule has 1 saturated heterocycles. The summed E-state index contributed by atoms with van der Waals surface area (Å²) in [5, 5.41) is 0. The summed E-state index contributed by atoms with van der Waals surface area (Å²) in [5.74, 6) is 1.41. The molecule has 0 unspecified atom stereocenters. The second-order valence-electron chi connectivity index (χ2n) is 5.20. The Bertz CT molecular complexity index is 407. The number of hydrogen-bond acceptors (Lipinski definition) is 3. The molecular weight excluding hydrogens is 238 g/mol. The Kier molecular flexibility index (Phi) is 5.40. The minimum absolute atomic E-state index is 0.416. The topological polar surface area (TPSA) is 29.5 Å². The standard InChI is InChI=1S/C16H23NO2/c1-14-6-2-3-7-16(14)19-13-5-4-10-17-11-8-15(18)9-12-17/h2-3,6-7H,4-5,8-13H2,1H3. The van der Waals surface area contributed by atoms with Crippen LogP contribution in [0.15, 0.2) is 24.3 Å². The zero-order chi connectivity index (χ0) is 13.5. The summed E-state index contributed by atoms with van der Waals surface area (Å²) in [4.78, 5) is 13.5. The molecule has 1 heterocycles. The van der Waals surface area contributed by atoms with E-state index in [-0.39, 0.29) is 0 Å². The number of ether oxygens (including phenoxy) is 1. The van der Waals surface area contributed by atoms with Gasteiger partial charge in [-0.05, 0) is 37.9 Å². The van der Waals surface area contributed by atoms with E-state index >= 15 is 0 Å². The molecular formula is C16H23NO2. The lowest BCUT2D eigenvalue weighted by Gasteiger charge is -2.25. The van der Waals surface area contributed by atoms with E-state index in [4.69, 9.17) is 4.74 Å². The number of Topliss-reactive ketones (excluding diaryl/α,β-unsaturated/α-hetero) is 1. The van der Waals surface area contributed by atoms with E-state index in [1.54, 1.807) is 0 Å². The second-order valence-corrected chi connectivity index (χ2v) is 5.20. The first-order valence-electron chi connectivity index (χ1n) is 7.18. The van der Waals surface area contributed by atoms with Crippen molar-refractivity contribution in [3.05, 3.63) is 29.8 Å². The van der Waals surface area contributed by atoms with Crippen molar-refractivity contribution in [1.82, 2.24) is 4.90 Å². The summed E-state index contributed by atoms with van der Waals surface area (Å²) in [7, 11) is 0. The van der Waals surface area contributed by atoms with E-state index in [0.29, 0.717) is 5.78 Å². The summed E-state index contributed by atoms with van der Waals surface area (Å²) in [6.45, 7) is 5.82. The normalized spacial score (nSPS) is 16.6. The van der Waals surface area contributed by atoms with Crippen molar-refractivity contribution in [3.8, 4) is 5.75 Å². The predicted molar refractivity (Wildman–Crippen MR) is 76.6 cm³/mol. The number of rotatable bonds is 6. The predicted octanol–water partition coefficient (Wildman–Crippen LogP) is 2.82. The number of carbonyl (C=O) groups excluding carboxylic acids is 1. The molecule has 0 bridgehead atoms. The smallest absolute Gasteiger partial charge is 0.135 e. The van der Waals surface area contributed by atoms with E-state index in [1.165, 1.54) is 5.56 Å². The molecule has 1 aromatic carbocycles. The van der Waals surface area contributed by atoms with Gasteiger partial charge in [0.25, 0.3) is 0 Å². The monoisotopic (exact) mass is 261 g/mol. The highest BCUT2D eigenvalue weighted by molar-refractivity contribution is 5.79. The van der Waals surface area contributed by atoms with E-state index in [9.17, 15) is 4.79 Å². The molecule has 3 nitrogen and oxygen atoms in total. The number of benzene rings is 1. The van der Waals surface area contributed by atoms with E-state index in [0.717, 1.165) is 57.7 Å². The fourth-order valence-electron chi connectivity index (χ4n) is 2.36. The zero-order valence-electron chi connectivity index (χ0n) is 11.7. The first-order chi connectivity index (χ1) is 9.25. The molecule has 0 amide bonds. The maximum atomic E-state index is 11.1. The molecule has 1 fully saturated rings. The van der Waals surface area contributed by atoms with Gasteiger partial charge in [0, 0.05) is 25.9 Å². The van der Waals surface area contributed by atoms with Gasteiger partial charge in [0.15, 0.2) is 0 Å². The van der Waals surface area contributed by atoms with Crippen molar-refractivity contribution in [2.75, 3.05) is 26.2 Å². The van der Waals surface area contributed by atoms with E-state index in [2.05, 4.69) is 17.9 Å². The van der Waals surface area contributed by atoms with Gasteiger partial charge in [-0.3, -0.25) is 4.79 Å². The van der Waals surface area contributed by atoms with Crippen molar-refractivity contribution in [2.45, 2.75) is 32.6 Å². The van der Waals surface area contributed by atoms with Crippen LogP contribution in [0, 0.1) is 6.92 Å². The van der Waals surface area contributed by atoms with Gasteiger partial charge in [-0.2, -0.15) is 0 Å². The van der Waals surface area contributed by atoms with Gasteiger partial charge in [0.1, 0.15) is 11.5 Å². The maximum Gasteiger partial charge on any atom is 0.135 e. The molecule has 1 aliphatic heterocycles. The Hall–Kier alpha value is -1.35. The Morgan fingerprint density at radius 3 is 2.63 bits per heavy atom. The molecule has 0 atom stereocenters. The highest BCUT2D eigenvalue weighted by Crippen LogP contribution is 2.16. The average Bonchev–Trinajstić information content (AvgIpc) is 2.42.